The number of hydrogen-bond acceptors (Lipinski definition) is 3. The Morgan fingerprint density at radius 3 is 2.46 bits per heavy atom. The number of benzene rings is 1. The van der Waals surface area contributed by atoms with Crippen LogP contribution in [0.25, 0.3) is 0 Å². The van der Waals surface area contributed by atoms with Crippen LogP contribution in [0.2, 0.25) is 0 Å². The van der Waals surface area contributed by atoms with Gasteiger partial charge in [-0.05, 0) is 23.0 Å². The van der Waals surface area contributed by atoms with Crippen molar-refractivity contribution < 1.29 is 14.4 Å². The van der Waals surface area contributed by atoms with Crippen LogP contribution in [0, 0.1) is 11.3 Å². The molecule has 1 atom stereocenters. The summed E-state index contributed by atoms with van der Waals surface area (Å²) < 4.78 is 0. The molecule has 0 saturated heterocycles. The lowest BCUT2D eigenvalue weighted by Crippen LogP contribution is -2.50. The van der Waals surface area contributed by atoms with E-state index in [1.807, 2.05) is 38.1 Å². The predicted molar refractivity (Wildman–Crippen MR) is 91.8 cm³/mol. The summed E-state index contributed by atoms with van der Waals surface area (Å²) in [6, 6.07) is 7.25. The molecule has 0 bridgehead atoms. The maximum atomic E-state index is 12.8. The molecule has 0 spiro atoms. The van der Waals surface area contributed by atoms with E-state index < -0.39 is 12.0 Å². The van der Waals surface area contributed by atoms with Gasteiger partial charge in [0.15, 0.2) is 0 Å². The molecule has 128 valence electrons. The van der Waals surface area contributed by atoms with Gasteiger partial charge >= 0.3 is 0 Å². The third-order valence-electron chi connectivity index (χ3n) is 5.08. The zero-order valence-electron chi connectivity index (χ0n) is 14.0. The number of halogens is 1. The minimum atomic E-state index is -0.772. The van der Waals surface area contributed by atoms with Gasteiger partial charge in [0.25, 0.3) is 0 Å². The first-order valence-corrected chi connectivity index (χ1v) is 8.86. The van der Waals surface area contributed by atoms with Crippen molar-refractivity contribution >= 4 is 29.1 Å². The zero-order valence-corrected chi connectivity index (χ0v) is 14.8. The van der Waals surface area contributed by atoms with Gasteiger partial charge < -0.3 is 4.90 Å². The molecule has 0 radical (unpaired) electrons. The largest absolute Gasteiger partial charge is 0.333 e. The van der Waals surface area contributed by atoms with Crippen LogP contribution in [0.3, 0.4) is 0 Å². The minimum absolute atomic E-state index is 0.0645. The second kappa shape index (κ2) is 6.32. The van der Waals surface area contributed by atoms with Crippen molar-refractivity contribution in [2.75, 3.05) is 12.4 Å². The van der Waals surface area contributed by atoms with Gasteiger partial charge in [-0.1, -0.05) is 38.1 Å². The van der Waals surface area contributed by atoms with Crippen LogP contribution in [-0.4, -0.2) is 34.8 Å². The summed E-state index contributed by atoms with van der Waals surface area (Å²) in [6.45, 7) is 4.37. The number of nitrogens with zero attached hydrogens (tertiary/aromatic N) is 1. The summed E-state index contributed by atoms with van der Waals surface area (Å²) in [5.74, 6) is -1.26. The lowest BCUT2D eigenvalue weighted by atomic mass is 9.67. The van der Waals surface area contributed by atoms with Crippen LogP contribution in [0.5, 0.6) is 0 Å². The van der Waals surface area contributed by atoms with Crippen molar-refractivity contribution in [1.82, 2.24) is 4.90 Å². The smallest absolute Gasteiger partial charge is 0.238 e. The van der Waals surface area contributed by atoms with Crippen LogP contribution in [0.4, 0.5) is 0 Å². The summed E-state index contributed by atoms with van der Waals surface area (Å²) in [4.78, 5) is 39.6. The fourth-order valence-corrected chi connectivity index (χ4v) is 4.23. The van der Waals surface area contributed by atoms with Gasteiger partial charge in [-0.3, -0.25) is 14.4 Å². The zero-order chi connectivity index (χ0) is 17.5. The molecule has 1 amide bonds. The first-order chi connectivity index (χ1) is 11.3. The topological polar surface area (TPSA) is 54.5 Å². The van der Waals surface area contributed by atoms with Crippen molar-refractivity contribution in [3.8, 4) is 0 Å². The van der Waals surface area contributed by atoms with Crippen LogP contribution in [-0.2, 0) is 20.8 Å². The number of ketones is 2. The van der Waals surface area contributed by atoms with Gasteiger partial charge in [0.2, 0.25) is 5.91 Å². The Morgan fingerprint density at radius 1 is 1.21 bits per heavy atom. The van der Waals surface area contributed by atoms with E-state index in [0.717, 1.165) is 17.5 Å². The molecule has 0 aromatic heterocycles. The molecule has 1 heterocycles. The van der Waals surface area contributed by atoms with E-state index in [4.69, 9.17) is 11.6 Å². The Labute approximate surface area is 147 Å². The molecule has 2 aliphatic rings. The third-order valence-corrected chi connectivity index (χ3v) is 5.31. The molecule has 1 aliphatic heterocycles. The van der Waals surface area contributed by atoms with Gasteiger partial charge in [-0.25, -0.2) is 0 Å². The number of fused-ring (bicyclic) bond motifs is 1. The van der Waals surface area contributed by atoms with E-state index in [-0.39, 0.29) is 28.8 Å². The molecule has 1 saturated carbocycles. The normalized spacial score (nSPS) is 24.0. The van der Waals surface area contributed by atoms with Gasteiger partial charge in [-0.15, -0.1) is 11.6 Å². The molecule has 1 aromatic rings. The molecule has 4 nitrogen and oxygen atoms in total. The number of carbonyl (C=O) groups excluding carboxylic acids is 3. The number of amides is 1. The van der Waals surface area contributed by atoms with Gasteiger partial charge in [0.1, 0.15) is 23.4 Å². The van der Waals surface area contributed by atoms with Gasteiger partial charge in [0.05, 0.1) is 6.04 Å². The van der Waals surface area contributed by atoms with Crippen LogP contribution < -0.4 is 0 Å². The average Bonchev–Trinajstić information content (AvgIpc) is 2.52. The number of carbonyl (C=O) groups is 3. The average molecular weight is 348 g/mol. The SMILES string of the molecule is CC1(C)CC(=O)C(C2c3ccccc3CCN2C(=O)CCl)C(=O)C1. The Morgan fingerprint density at radius 2 is 1.83 bits per heavy atom. The van der Waals surface area contributed by atoms with Crippen LogP contribution in [0.1, 0.15) is 43.9 Å². The molecule has 0 N–H and O–H groups in total. The molecule has 1 unspecified atom stereocenters. The maximum absolute atomic E-state index is 12.8. The van der Waals surface area contributed by atoms with E-state index in [0.29, 0.717) is 19.4 Å². The van der Waals surface area contributed by atoms with Crippen molar-refractivity contribution in [3.05, 3.63) is 35.4 Å². The molecule has 1 aliphatic carbocycles. The van der Waals surface area contributed by atoms with Crippen LogP contribution in [0.15, 0.2) is 24.3 Å². The lowest BCUT2D eigenvalue weighted by molar-refractivity contribution is -0.146. The number of Topliss-reactive ketones (excluding diaryl/α,β-unsaturated/α-hetero) is 2. The predicted octanol–water partition coefficient (Wildman–Crippen LogP) is 2.93. The Hall–Kier alpha value is -1.68. The second-order valence-corrected chi connectivity index (χ2v) is 7.81. The minimum Gasteiger partial charge on any atom is -0.333 e. The summed E-state index contributed by atoms with van der Waals surface area (Å²) in [5.41, 5.74) is 1.71. The second-order valence-electron chi connectivity index (χ2n) is 7.54. The van der Waals surface area contributed by atoms with E-state index in [1.54, 1.807) is 4.90 Å². The summed E-state index contributed by atoms with van der Waals surface area (Å²) in [5, 5.41) is 0. The van der Waals surface area contributed by atoms with Crippen molar-refractivity contribution in [2.45, 2.75) is 39.2 Å². The highest BCUT2D eigenvalue weighted by molar-refractivity contribution is 6.27. The van der Waals surface area contributed by atoms with Crippen molar-refractivity contribution in [3.63, 3.8) is 0 Å². The maximum Gasteiger partial charge on any atom is 0.238 e. The molecular weight excluding hydrogens is 326 g/mol. The molecule has 1 fully saturated rings. The van der Waals surface area contributed by atoms with Gasteiger partial charge in [-0.2, -0.15) is 0 Å². The number of alkyl halides is 1. The summed E-state index contributed by atoms with van der Waals surface area (Å²) >= 11 is 5.77. The first kappa shape index (κ1) is 17.2. The van der Waals surface area contributed by atoms with E-state index in [2.05, 4.69) is 0 Å². The number of hydrogen-bond donors (Lipinski definition) is 0. The number of rotatable bonds is 2. The summed E-state index contributed by atoms with van der Waals surface area (Å²) in [7, 11) is 0. The van der Waals surface area contributed by atoms with Crippen molar-refractivity contribution in [2.24, 2.45) is 11.3 Å². The molecule has 1 aromatic carbocycles. The molecule has 3 rings (SSSR count). The monoisotopic (exact) mass is 347 g/mol. The Bertz CT molecular complexity index is 678. The Balaban J connectivity index is 2.05. The molecule has 24 heavy (non-hydrogen) atoms. The quantitative estimate of drug-likeness (QED) is 0.610. The van der Waals surface area contributed by atoms with Crippen LogP contribution >= 0.6 is 11.6 Å². The Kier molecular flexibility index (Phi) is 4.52. The third kappa shape index (κ3) is 3.00. The van der Waals surface area contributed by atoms with Crippen molar-refractivity contribution in [1.29, 1.82) is 0 Å². The highest BCUT2D eigenvalue weighted by Crippen LogP contribution is 2.43. The highest BCUT2D eigenvalue weighted by atomic mass is 35.5. The highest BCUT2D eigenvalue weighted by Gasteiger charge is 2.48. The fourth-order valence-electron chi connectivity index (χ4n) is 4.07. The van der Waals surface area contributed by atoms with Gasteiger partial charge in [0, 0.05) is 19.4 Å². The van der Waals surface area contributed by atoms with E-state index >= 15 is 0 Å². The fraction of sp³-hybridized carbons (Fsp3) is 0.526. The molecular formula is C19H22ClNO3. The summed E-state index contributed by atoms with van der Waals surface area (Å²) in [6.07, 6.45) is 1.45. The first-order valence-electron chi connectivity index (χ1n) is 8.33. The van der Waals surface area contributed by atoms with E-state index in [9.17, 15) is 14.4 Å². The molecule has 5 heteroatoms. The lowest BCUT2D eigenvalue weighted by Gasteiger charge is -2.43. The standard InChI is InChI=1S/C19H22ClNO3/c1-19(2)9-14(22)17(15(23)10-19)18-13-6-4-3-5-12(13)7-8-21(18)16(24)11-20/h3-6,17-18H,7-11H2,1-2H3. The van der Waals surface area contributed by atoms with E-state index in [1.165, 1.54) is 0 Å².